The average Bonchev–Trinajstić information content (AvgIpc) is 2.44. The summed E-state index contributed by atoms with van der Waals surface area (Å²) in [5, 5.41) is 3.81. The zero-order valence-electron chi connectivity index (χ0n) is 12.0. The highest BCUT2D eigenvalue weighted by Crippen LogP contribution is 2.25. The number of nitrogens with two attached hydrogens (primary N) is 1. The fourth-order valence-electron chi connectivity index (χ4n) is 2.45. The van der Waals surface area contributed by atoms with Crippen LogP contribution < -0.4 is 11.1 Å². The minimum absolute atomic E-state index is 0.109. The average molecular weight is 331 g/mol. The number of amides is 1. The van der Waals surface area contributed by atoms with Crippen LogP contribution in [0.2, 0.25) is 10.0 Å². The fourth-order valence-corrected chi connectivity index (χ4v) is 2.78. The van der Waals surface area contributed by atoms with Crippen molar-refractivity contribution in [2.75, 3.05) is 45.1 Å². The van der Waals surface area contributed by atoms with Gasteiger partial charge in [0.05, 0.1) is 17.3 Å². The van der Waals surface area contributed by atoms with Crippen molar-refractivity contribution in [3.8, 4) is 0 Å². The molecule has 0 saturated carbocycles. The smallest absolute Gasteiger partial charge is 0.238 e. The van der Waals surface area contributed by atoms with Crippen LogP contribution in [0.1, 0.15) is 0 Å². The van der Waals surface area contributed by atoms with Crippen LogP contribution in [0.4, 0.5) is 5.69 Å². The van der Waals surface area contributed by atoms with Crippen LogP contribution >= 0.6 is 23.2 Å². The minimum Gasteiger partial charge on any atom is -0.329 e. The molecule has 1 amide bonds. The van der Waals surface area contributed by atoms with E-state index in [1.54, 1.807) is 18.2 Å². The number of piperazine rings is 1. The fraction of sp³-hybridized carbons (Fsp3) is 0.500. The second kappa shape index (κ2) is 7.42. The van der Waals surface area contributed by atoms with Crippen molar-refractivity contribution < 1.29 is 4.79 Å². The Balaban J connectivity index is 1.96. The van der Waals surface area contributed by atoms with Crippen molar-refractivity contribution in [3.63, 3.8) is 0 Å². The summed E-state index contributed by atoms with van der Waals surface area (Å²) in [6, 6.07) is 5.19. The maximum absolute atomic E-state index is 12.2. The van der Waals surface area contributed by atoms with E-state index in [1.807, 2.05) is 0 Å². The minimum atomic E-state index is -0.109. The van der Waals surface area contributed by atoms with Gasteiger partial charge < -0.3 is 16.0 Å². The normalized spacial score (nSPS) is 20.5. The highest BCUT2D eigenvalue weighted by molar-refractivity contribution is 6.35. The van der Waals surface area contributed by atoms with Crippen LogP contribution in [0.15, 0.2) is 18.2 Å². The maximum atomic E-state index is 12.2. The van der Waals surface area contributed by atoms with E-state index >= 15 is 0 Å². The molecule has 0 radical (unpaired) electrons. The lowest BCUT2D eigenvalue weighted by molar-refractivity contribution is -0.118. The van der Waals surface area contributed by atoms with Gasteiger partial charge in [0.2, 0.25) is 5.91 Å². The van der Waals surface area contributed by atoms with Crippen LogP contribution in [0.3, 0.4) is 0 Å². The summed E-state index contributed by atoms with van der Waals surface area (Å²) in [6.07, 6.45) is 0. The Labute approximate surface area is 135 Å². The monoisotopic (exact) mass is 330 g/mol. The van der Waals surface area contributed by atoms with Gasteiger partial charge in [-0.15, -0.1) is 0 Å². The molecule has 1 atom stereocenters. The second-order valence-electron chi connectivity index (χ2n) is 5.29. The highest BCUT2D eigenvalue weighted by Gasteiger charge is 2.25. The molecule has 1 fully saturated rings. The molecule has 0 aromatic heterocycles. The number of likely N-dealkylation sites (N-methyl/N-ethyl adjacent to an activating group) is 1. The second-order valence-corrected chi connectivity index (χ2v) is 6.14. The first-order valence-corrected chi connectivity index (χ1v) is 7.62. The molecule has 1 heterocycles. The molecule has 1 unspecified atom stereocenters. The summed E-state index contributed by atoms with van der Waals surface area (Å²) >= 11 is 12.0. The third kappa shape index (κ3) is 4.56. The molecule has 1 aliphatic rings. The topological polar surface area (TPSA) is 61.6 Å². The molecule has 0 bridgehead atoms. The Morgan fingerprint density at radius 1 is 1.43 bits per heavy atom. The molecule has 2 rings (SSSR count). The van der Waals surface area contributed by atoms with Crippen LogP contribution in [0.5, 0.6) is 0 Å². The van der Waals surface area contributed by atoms with E-state index in [2.05, 4.69) is 22.2 Å². The lowest BCUT2D eigenvalue weighted by atomic mass is 10.1. The number of benzene rings is 1. The quantitative estimate of drug-likeness (QED) is 0.878. The Morgan fingerprint density at radius 3 is 2.90 bits per heavy atom. The number of hydrogen-bond donors (Lipinski definition) is 2. The lowest BCUT2D eigenvalue weighted by Gasteiger charge is -2.39. The van der Waals surface area contributed by atoms with Gasteiger partial charge in [-0.1, -0.05) is 23.2 Å². The van der Waals surface area contributed by atoms with E-state index < -0.39 is 0 Å². The molecule has 3 N–H and O–H groups in total. The number of carbonyl (C=O) groups is 1. The summed E-state index contributed by atoms with van der Waals surface area (Å²) in [6.45, 7) is 3.48. The van der Waals surface area contributed by atoms with E-state index in [1.165, 1.54) is 0 Å². The van der Waals surface area contributed by atoms with Crippen LogP contribution in [-0.4, -0.2) is 61.5 Å². The summed E-state index contributed by atoms with van der Waals surface area (Å²) < 4.78 is 0. The van der Waals surface area contributed by atoms with Gasteiger partial charge in [-0.25, -0.2) is 0 Å². The van der Waals surface area contributed by atoms with Gasteiger partial charge in [0, 0.05) is 37.2 Å². The maximum Gasteiger partial charge on any atom is 0.238 e. The van der Waals surface area contributed by atoms with Crippen molar-refractivity contribution in [1.29, 1.82) is 0 Å². The third-order valence-electron chi connectivity index (χ3n) is 3.63. The predicted molar refractivity (Wildman–Crippen MR) is 87.0 cm³/mol. The molecular formula is C14H20Cl2N4O. The first-order valence-electron chi connectivity index (χ1n) is 6.87. The molecule has 7 heteroatoms. The van der Waals surface area contributed by atoms with Gasteiger partial charge in [-0.05, 0) is 25.2 Å². The Bertz CT molecular complexity index is 512. The SMILES string of the molecule is CN1CCN(CC(=O)Nc2cc(Cl)ccc2Cl)C(CN)C1. The Kier molecular flexibility index (Phi) is 5.84. The number of hydrogen-bond acceptors (Lipinski definition) is 4. The molecule has 1 aromatic carbocycles. The zero-order chi connectivity index (χ0) is 15.4. The lowest BCUT2D eigenvalue weighted by Crippen LogP contribution is -2.56. The Morgan fingerprint density at radius 2 is 2.19 bits per heavy atom. The van der Waals surface area contributed by atoms with Gasteiger partial charge in [0.25, 0.3) is 0 Å². The number of nitrogens with one attached hydrogen (secondary N) is 1. The number of anilines is 1. The molecule has 0 spiro atoms. The van der Waals surface area contributed by atoms with Crippen LogP contribution in [-0.2, 0) is 4.79 Å². The number of carbonyl (C=O) groups excluding carboxylic acids is 1. The van der Waals surface area contributed by atoms with E-state index in [0.717, 1.165) is 19.6 Å². The molecule has 5 nitrogen and oxygen atoms in total. The first kappa shape index (κ1) is 16.5. The molecule has 1 aliphatic heterocycles. The number of rotatable bonds is 4. The third-order valence-corrected chi connectivity index (χ3v) is 4.19. The molecule has 116 valence electrons. The van der Waals surface area contributed by atoms with E-state index in [9.17, 15) is 4.79 Å². The molecule has 21 heavy (non-hydrogen) atoms. The van der Waals surface area contributed by atoms with Crippen LogP contribution in [0, 0.1) is 0 Å². The first-order chi connectivity index (χ1) is 9.99. The van der Waals surface area contributed by atoms with Gasteiger partial charge >= 0.3 is 0 Å². The molecule has 1 saturated heterocycles. The van der Waals surface area contributed by atoms with Gasteiger partial charge in [-0.2, -0.15) is 0 Å². The van der Waals surface area contributed by atoms with Gasteiger partial charge in [0.1, 0.15) is 0 Å². The summed E-state index contributed by atoms with van der Waals surface area (Å²) in [7, 11) is 2.06. The van der Waals surface area contributed by atoms with Crippen molar-refractivity contribution in [1.82, 2.24) is 9.80 Å². The molecule has 1 aromatic rings. The predicted octanol–water partition coefficient (Wildman–Crippen LogP) is 1.51. The van der Waals surface area contributed by atoms with Gasteiger partial charge in [0.15, 0.2) is 0 Å². The Hall–Kier alpha value is -0.850. The highest BCUT2D eigenvalue weighted by atomic mass is 35.5. The van der Waals surface area contributed by atoms with Crippen molar-refractivity contribution in [2.24, 2.45) is 5.73 Å². The van der Waals surface area contributed by atoms with Crippen molar-refractivity contribution >= 4 is 34.8 Å². The van der Waals surface area contributed by atoms with Gasteiger partial charge in [-0.3, -0.25) is 9.69 Å². The number of halogens is 2. The van der Waals surface area contributed by atoms with E-state index in [-0.39, 0.29) is 11.9 Å². The van der Waals surface area contributed by atoms with Crippen molar-refractivity contribution in [2.45, 2.75) is 6.04 Å². The van der Waals surface area contributed by atoms with Crippen molar-refractivity contribution in [3.05, 3.63) is 28.2 Å². The largest absolute Gasteiger partial charge is 0.329 e. The van der Waals surface area contributed by atoms with E-state index in [0.29, 0.717) is 28.8 Å². The standard InChI is InChI=1S/C14H20Cl2N4O/c1-19-4-5-20(11(7-17)8-19)9-14(21)18-13-6-10(15)2-3-12(13)16/h2-3,6,11H,4-5,7-9,17H2,1H3,(H,18,21). The number of nitrogens with zero attached hydrogens (tertiary/aromatic N) is 2. The molecule has 0 aliphatic carbocycles. The van der Waals surface area contributed by atoms with Crippen LogP contribution in [0.25, 0.3) is 0 Å². The summed E-state index contributed by atoms with van der Waals surface area (Å²) in [5.74, 6) is -0.109. The van der Waals surface area contributed by atoms with E-state index in [4.69, 9.17) is 28.9 Å². The molecular weight excluding hydrogens is 311 g/mol. The zero-order valence-corrected chi connectivity index (χ0v) is 13.5. The summed E-state index contributed by atoms with van der Waals surface area (Å²) in [4.78, 5) is 16.5. The summed E-state index contributed by atoms with van der Waals surface area (Å²) in [5.41, 5.74) is 6.32.